The Balaban J connectivity index is 0.000000673. The molecule has 0 aromatic carbocycles. The van der Waals surface area contributed by atoms with Crippen molar-refractivity contribution in [2.45, 2.75) is 48.0 Å². The van der Waals surface area contributed by atoms with Gasteiger partial charge in [-0.05, 0) is 28.4 Å². The monoisotopic (exact) mass is 338 g/mol. The van der Waals surface area contributed by atoms with E-state index >= 15 is 0 Å². The molecule has 0 radical (unpaired) electrons. The standard InChI is InChI=1S/C13H22.2ClH.Zr/c1-12(2,3)10-8-7-9-11(10)13(4,5)6;;;/h8-9H,7H2,1-6H3;2*1H;/q;;;+2/p-2. The molecule has 0 aromatic rings. The van der Waals surface area contributed by atoms with Gasteiger partial charge in [-0.2, -0.15) is 0 Å². The first-order valence-electron chi connectivity index (χ1n) is 5.52. The molecule has 0 spiro atoms. The number of hydrogen-bond donors (Lipinski definition) is 0. The van der Waals surface area contributed by atoms with Crippen molar-refractivity contribution in [2.24, 2.45) is 10.8 Å². The first-order chi connectivity index (χ1) is 7.14. The van der Waals surface area contributed by atoms with E-state index < -0.39 is 20.8 Å². The van der Waals surface area contributed by atoms with Crippen LogP contribution in [0.4, 0.5) is 0 Å². The molecule has 0 fully saturated rings. The van der Waals surface area contributed by atoms with Gasteiger partial charge in [0.25, 0.3) is 0 Å². The van der Waals surface area contributed by atoms with E-state index in [1.54, 1.807) is 11.1 Å². The Hall–Kier alpha value is 0.943. The molecular weight excluding hydrogens is 318 g/mol. The predicted molar refractivity (Wildman–Crippen MR) is 71.4 cm³/mol. The summed E-state index contributed by atoms with van der Waals surface area (Å²) < 4.78 is 0. The summed E-state index contributed by atoms with van der Waals surface area (Å²) in [6.45, 7) is 13.8. The Bertz CT molecular complexity index is 249. The summed E-state index contributed by atoms with van der Waals surface area (Å²) in [6.07, 6.45) is 5.88. The van der Waals surface area contributed by atoms with Gasteiger partial charge in [0, 0.05) is 0 Å². The molecule has 0 bridgehead atoms. The number of halogens is 2. The molecule has 3 heteroatoms. The van der Waals surface area contributed by atoms with Crippen molar-refractivity contribution < 1.29 is 20.8 Å². The van der Waals surface area contributed by atoms with Gasteiger partial charge in [0.2, 0.25) is 0 Å². The molecule has 0 nitrogen and oxygen atoms in total. The summed E-state index contributed by atoms with van der Waals surface area (Å²) in [5, 5.41) is 0. The Morgan fingerprint density at radius 2 is 1.12 bits per heavy atom. The molecule has 0 saturated carbocycles. The molecule has 0 N–H and O–H groups in total. The third-order valence-corrected chi connectivity index (χ3v) is 2.55. The van der Waals surface area contributed by atoms with Gasteiger partial charge in [0.1, 0.15) is 0 Å². The molecule has 0 unspecified atom stereocenters. The van der Waals surface area contributed by atoms with Crippen molar-refractivity contribution in [3.8, 4) is 0 Å². The van der Waals surface area contributed by atoms with Crippen LogP contribution in [0.1, 0.15) is 48.0 Å². The van der Waals surface area contributed by atoms with E-state index in [1.165, 1.54) is 0 Å². The zero-order valence-electron chi connectivity index (χ0n) is 11.1. The molecule has 0 amide bonds. The van der Waals surface area contributed by atoms with Crippen LogP contribution in [-0.2, 0) is 20.8 Å². The van der Waals surface area contributed by atoms with Crippen molar-refractivity contribution in [3.63, 3.8) is 0 Å². The number of allylic oxidation sites excluding steroid dienone is 4. The maximum absolute atomic E-state index is 4.93. The van der Waals surface area contributed by atoms with Crippen molar-refractivity contribution in [3.05, 3.63) is 23.3 Å². The van der Waals surface area contributed by atoms with E-state index in [0.29, 0.717) is 10.8 Å². The van der Waals surface area contributed by atoms with Gasteiger partial charge in [-0.15, -0.1) is 0 Å². The zero-order valence-corrected chi connectivity index (χ0v) is 15.1. The minimum absolute atomic E-state index is 0.301. The van der Waals surface area contributed by atoms with E-state index in [4.69, 9.17) is 17.0 Å². The molecule has 1 aliphatic rings. The molecule has 0 atom stereocenters. The Kier molecular flexibility index (Phi) is 7.16. The predicted octanol–water partition coefficient (Wildman–Crippen LogP) is 5.71. The van der Waals surface area contributed by atoms with Gasteiger partial charge in [0.15, 0.2) is 0 Å². The maximum atomic E-state index is 4.93. The molecule has 0 aromatic heterocycles. The fourth-order valence-electron chi connectivity index (χ4n) is 1.93. The molecule has 1 rings (SSSR count). The van der Waals surface area contributed by atoms with E-state index in [0.717, 1.165) is 6.42 Å². The van der Waals surface area contributed by atoms with Crippen molar-refractivity contribution >= 4 is 17.0 Å². The average molecular weight is 340 g/mol. The summed E-state index contributed by atoms with van der Waals surface area (Å²) in [5.74, 6) is 0. The van der Waals surface area contributed by atoms with Gasteiger partial charge in [-0.25, -0.2) is 0 Å². The Morgan fingerprint density at radius 3 is 1.31 bits per heavy atom. The molecule has 16 heavy (non-hydrogen) atoms. The fourth-order valence-corrected chi connectivity index (χ4v) is 1.93. The van der Waals surface area contributed by atoms with Crippen molar-refractivity contribution in [1.82, 2.24) is 0 Å². The average Bonchev–Trinajstić information content (AvgIpc) is 2.49. The zero-order chi connectivity index (χ0) is 13.0. The minimum atomic E-state index is -0.826. The summed E-state index contributed by atoms with van der Waals surface area (Å²) in [6, 6.07) is 0. The molecule has 92 valence electrons. The van der Waals surface area contributed by atoms with Crippen LogP contribution in [-0.4, -0.2) is 0 Å². The van der Waals surface area contributed by atoms with Crippen LogP contribution >= 0.6 is 17.0 Å². The van der Waals surface area contributed by atoms with Gasteiger partial charge in [0.05, 0.1) is 0 Å². The van der Waals surface area contributed by atoms with E-state index in [2.05, 4.69) is 53.7 Å². The summed E-state index contributed by atoms with van der Waals surface area (Å²) in [5.41, 5.74) is 3.69. The van der Waals surface area contributed by atoms with Crippen LogP contribution in [0.3, 0.4) is 0 Å². The van der Waals surface area contributed by atoms with Crippen LogP contribution < -0.4 is 0 Å². The van der Waals surface area contributed by atoms with Gasteiger partial charge in [-0.3, -0.25) is 0 Å². The fraction of sp³-hybridized carbons (Fsp3) is 0.692. The third kappa shape index (κ3) is 5.52. The summed E-state index contributed by atoms with van der Waals surface area (Å²) in [4.78, 5) is 0. The third-order valence-electron chi connectivity index (χ3n) is 2.55. The van der Waals surface area contributed by atoms with E-state index in [9.17, 15) is 0 Å². The summed E-state index contributed by atoms with van der Waals surface area (Å²) >= 11 is -0.826. The van der Waals surface area contributed by atoms with Crippen molar-refractivity contribution in [1.29, 1.82) is 0 Å². The second-order valence-corrected chi connectivity index (χ2v) is 9.77. The van der Waals surface area contributed by atoms with E-state index in [-0.39, 0.29) is 0 Å². The number of rotatable bonds is 0. The first-order valence-corrected chi connectivity index (χ1v) is 11.9. The van der Waals surface area contributed by atoms with Crippen LogP contribution in [0.2, 0.25) is 0 Å². The molecular formula is C13H22Cl2Zr. The molecule has 0 aliphatic heterocycles. The topological polar surface area (TPSA) is 0 Å². The normalized spacial score (nSPS) is 16.0. The SMILES string of the molecule is CC(C)(C)C1=CCC=C1C(C)(C)C.[Cl][Zr][Cl]. The summed E-state index contributed by atoms with van der Waals surface area (Å²) in [7, 11) is 9.87. The van der Waals surface area contributed by atoms with Crippen LogP contribution in [0.5, 0.6) is 0 Å². The molecule has 1 aliphatic carbocycles. The van der Waals surface area contributed by atoms with E-state index in [1.807, 2.05) is 0 Å². The molecule has 0 saturated heterocycles. The van der Waals surface area contributed by atoms with Crippen LogP contribution in [0, 0.1) is 10.8 Å². The Morgan fingerprint density at radius 1 is 0.875 bits per heavy atom. The first kappa shape index (κ1) is 16.9. The molecule has 0 heterocycles. The van der Waals surface area contributed by atoms with Crippen LogP contribution in [0.15, 0.2) is 23.3 Å². The van der Waals surface area contributed by atoms with Gasteiger partial charge >= 0.3 is 37.9 Å². The van der Waals surface area contributed by atoms with Crippen molar-refractivity contribution in [2.75, 3.05) is 0 Å². The van der Waals surface area contributed by atoms with Crippen LogP contribution in [0.25, 0.3) is 0 Å². The second kappa shape index (κ2) is 6.76. The number of hydrogen-bond acceptors (Lipinski definition) is 0. The second-order valence-electron chi connectivity index (χ2n) is 6.04. The Labute approximate surface area is 119 Å². The van der Waals surface area contributed by atoms with Gasteiger partial charge < -0.3 is 0 Å². The quantitative estimate of drug-likeness (QED) is 0.530. The van der Waals surface area contributed by atoms with Gasteiger partial charge in [-0.1, -0.05) is 53.7 Å².